The highest BCUT2D eigenvalue weighted by Crippen LogP contribution is 2.40. The number of hydrogen-bond acceptors (Lipinski definition) is 6. The molecule has 0 spiro atoms. The summed E-state index contributed by atoms with van der Waals surface area (Å²) in [6.45, 7) is 0. The Labute approximate surface area is 214 Å². The smallest absolute Gasteiger partial charge is 0.336 e. The lowest BCUT2D eigenvalue weighted by Gasteiger charge is -2.16. The molecule has 0 aliphatic carbocycles. The van der Waals surface area contributed by atoms with Crippen LogP contribution in [0.1, 0.15) is 41.4 Å². The number of rotatable bonds is 9. The molecule has 0 aliphatic heterocycles. The Bertz CT molecular complexity index is 1470. The monoisotopic (exact) mass is 514 g/mol. The second-order valence-corrected chi connectivity index (χ2v) is 7.83. The summed E-state index contributed by atoms with van der Waals surface area (Å²) >= 11 is 0. The van der Waals surface area contributed by atoms with E-state index in [0.717, 1.165) is 24.3 Å². The van der Waals surface area contributed by atoms with Gasteiger partial charge in [-0.25, -0.2) is 19.2 Å². The number of ether oxygens (including phenoxy) is 2. The van der Waals surface area contributed by atoms with Crippen molar-refractivity contribution >= 4 is 23.9 Å². The topological polar surface area (TPSA) is 168 Å². The van der Waals surface area contributed by atoms with E-state index in [1.54, 1.807) is 48.5 Å². The van der Waals surface area contributed by atoms with Crippen molar-refractivity contribution in [2.45, 2.75) is 0 Å². The lowest BCUT2D eigenvalue weighted by Crippen LogP contribution is -2.08. The zero-order valence-electron chi connectivity index (χ0n) is 19.3. The second-order valence-electron chi connectivity index (χ2n) is 7.83. The molecule has 0 heterocycles. The summed E-state index contributed by atoms with van der Waals surface area (Å²) in [7, 11) is 0. The van der Waals surface area contributed by atoms with Crippen LogP contribution in [0.3, 0.4) is 0 Å². The van der Waals surface area contributed by atoms with Crippen molar-refractivity contribution in [3.05, 3.63) is 107 Å². The highest BCUT2D eigenvalue weighted by Gasteiger charge is 2.20. The molecule has 0 atom stereocenters. The van der Waals surface area contributed by atoms with Crippen LogP contribution in [-0.4, -0.2) is 44.3 Å². The third-order valence-electron chi connectivity index (χ3n) is 5.42. The summed E-state index contributed by atoms with van der Waals surface area (Å²) in [6.07, 6.45) is 0. The van der Waals surface area contributed by atoms with Crippen molar-refractivity contribution in [1.82, 2.24) is 0 Å². The van der Waals surface area contributed by atoms with Crippen LogP contribution in [0.4, 0.5) is 0 Å². The van der Waals surface area contributed by atoms with E-state index in [0.29, 0.717) is 22.6 Å². The number of para-hydroxylation sites is 2. The molecule has 0 saturated heterocycles. The van der Waals surface area contributed by atoms with E-state index in [9.17, 15) is 39.6 Å². The predicted molar refractivity (Wildman–Crippen MR) is 133 cm³/mol. The van der Waals surface area contributed by atoms with Gasteiger partial charge in [0.25, 0.3) is 0 Å². The van der Waals surface area contributed by atoms with Crippen molar-refractivity contribution < 1.29 is 49.1 Å². The molecule has 4 aromatic rings. The average molecular weight is 514 g/mol. The van der Waals surface area contributed by atoms with Gasteiger partial charge in [-0.3, -0.25) is 0 Å². The van der Waals surface area contributed by atoms with Crippen molar-refractivity contribution in [2.24, 2.45) is 0 Å². The molecule has 0 bridgehead atoms. The normalized spacial score (nSPS) is 10.4. The van der Waals surface area contributed by atoms with Crippen LogP contribution in [0.5, 0.6) is 23.0 Å². The zero-order valence-corrected chi connectivity index (χ0v) is 19.3. The van der Waals surface area contributed by atoms with E-state index in [1.165, 1.54) is 12.1 Å². The number of benzene rings is 4. The standard InChI is InChI=1S/C28H18O10/c29-25(30)19-11-9-15(13-21(19)27(33)34)37-23-7-3-1-5-17(23)18-6-2-4-8-24(18)38-16-10-12-20(26(31)32)22(14-16)28(35)36/h1-14H,(H,29,30)(H,31,32)(H,33,34)(H,35,36). The maximum Gasteiger partial charge on any atom is 0.336 e. The summed E-state index contributed by atoms with van der Waals surface area (Å²) in [4.78, 5) is 45.8. The molecule has 0 fully saturated rings. The van der Waals surface area contributed by atoms with E-state index >= 15 is 0 Å². The van der Waals surface area contributed by atoms with E-state index in [1.807, 2.05) is 0 Å². The fourth-order valence-electron chi connectivity index (χ4n) is 3.71. The fraction of sp³-hybridized carbons (Fsp3) is 0. The first kappa shape index (κ1) is 25.5. The third-order valence-corrected chi connectivity index (χ3v) is 5.42. The number of carboxylic acid groups (broad SMARTS) is 4. The minimum Gasteiger partial charge on any atom is -0.478 e. The Balaban J connectivity index is 1.72. The Morgan fingerprint density at radius 2 is 0.789 bits per heavy atom. The summed E-state index contributed by atoms with van der Waals surface area (Å²) in [6, 6.07) is 20.7. The van der Waals surface area contributed by atoms with Gasteiger partial charge in [-0.1, -0.05) is 36.4 Å². The van der Waals surface area contributed by atoms with Gasteiger partial charge < -0.3 is 29.9 Å². The number of hydrogen-bond donors (Lipinski definition) is 4. The largest absolute Gasteiger partial charge is 0.478 e. The zero-order chi connectivity index (χ0) is 27.4. The molecule has 4 rings (SSSR count). The number of aromatic carboxylic acids is 4. The molecule has 0 aromatic heterocycles. The van der Waals surface area contributed by atoms with Crippen molar-refractivity contribution in [2.75, 3.05) is 0 Å². The quantitative estimate of drug-likeness (QED) is 0.216. The Kier molecular flexibility index (Phi) is 7.06. The summed E-state index contributed by atoms with van der Waals surface area (Å²) in [5.41, 5.74) is -0.575. The second kappa shape index (κ2) is 10.5. The summed E-state index contributed by atoms with van der Waals surface area (Å²) < 4.78 is 11.9. The summed E-state index contributed by atoms with van der Waals surface area (Å²) in [5.74, 6) is -4.83. The molecule has 190 valence electrons. The molecule has 0 radical (unpaired) electrons. The molecule has 10 heteroatoms. The van der Waals surface area contributed by atoms with Gasteiger partial charge in [0.1, 0.15) is 23.0 Å². The van der Waals surface area contributed by atoms with Crippen LogP contribution in [0.25, 0.3) is 11.1 Å². The molecular weight excluding hydrogens is 496 g/mol. The van der Waals surface area contributed by atoms with Crippen LogP contribution < -0.4 is 9.47 Å². The van der Waals surface area contributed by atoms with E-state index < -0.39 is 35.0 Å². The lowest BCUT2D eigenvalue weighted by atomic mass is 10.0. The van der Waals surface area contributed by atoms with Crippen LogP contribution >= 0.6 is 0 Å². The molecule has 38 heavy (non-hydrogen) atoms. The van der Waals surface area contributed by atoms with Crippen molar-refractivity contribution in [3.8, 4) is 34.1 Å². The molecule has 0 amide bonds. The van der Waals surface area contributed by atoms with Crippen LogP contribution in [0.15, 0.2) is 84.9 Å². The van der Waals surface area contributed by atoms with E-state index in [2.05, 4.69) is 0 Å². The van der Waals surface area contributed by atoms with Gasteiger partial charge in [-0.15, -0.1) is 0 Å². The Morgan fingerprint density at radius 1 is 0.447 bits per heavy atom. The first-order valence-corrected chi connectivity index (χ1v) is 10.9. The van der Waals surface area contributed by atoms with E-state index in [-0.39, 0.29) is 22.6 Å². The third kappa shape index (κ3) is 5.29. The van der Waals surface area contributed by atoms with Crippen LogP contribution in [-0.2, 0) is 0 Å². The molecule has 4 aromatic carbocycles. The summed E-state index contributed by atoms with van der Waals surface area (Å²) in [5, 5.41) is 37.3. The molecule has 0 aliphatic rings. The van der Waals surface area contributed by atoms with Crippen molar-refractivity contribution in [1.29, 1.82) is 0 Å². The fourth-order valence-corrected chi connectivity index (χ4v) is 3.71. The van der Waals surface area contributed by atoms with Gasteiger partial charge in [0.15, 0.2) is 0 Å². The molecule has 4 N–H and O–H groups in total. The SMILES string of the molecule is O=C(O)c1ccc(Oc2ccccc2-c2ccccc2Oc2ccc(C(=O)O)c(C(=O)O)c2)cc1C(=O)O. The van der Waals surface area contributed by atoms with Gasteiger partial charge in [0.05, 0.1) is 22.3 Å². The van der Waals surface area contributed by atoms with Gasteiger partial charge in [-0.05, 0) is 48.5 Å². The molecule has 0 saturated carbocycles. The Hall–Kier alpha value is -5.64. The minimum atomic E-state index is -1.42. The minimum absolute atomic E-state index is 0.0913. The highest BCUT2D eigenvalue weighted by molar-refractivity contribution is 6.02. The van der Waals surface area contributed by atoms with E-state index in [4.69, 9.17) is 9.47 Å². The predicted octanol–water partition coefficient (Wildman–Crippen LogP) is 5.73. The molecule has 10 nitrogen and oxygen atoms in total. The first-order valence-electron chi connectivity index (χ1n) is 10.9. The molecular formula is C28H18O10. The Morgan fingerprint density at radius 3 is 1.13 bits per heavy atom. The first-order chi connectivity index (χ1) is 18.2. The van der Waals surface area contributed by atoms with Crippen molar-refractivity contribution in [3.63, 3.8) is 0 Å². The van der Waals surface area contributed by atoms with Gasteiger partial charge in [0, 0.05) is 11.1 Å². The van der Waals surface area contributed by atoms with Gasteiger partial charge >= 0.3 is 23.9 Å². The number of carboxylic acids is 4. The maximum atomic E-state index is 11.6. The maximum absolute atomic E-state index is 11.6. The molecule has 0 unspecified atom stereocenters. The highest BCUT2D eigenvalue weighted by atomic mass is 16.5. The van der Waals surface area contributed by atoms with Gasteiger partial charge in [-0.2, -0.15) is 0 Å². The van der Waals surface area contributed by atoms with Crippen LogP contribution in [0, 0.1) is 0 Å². The lowest BCUT2D eigenvalue weighted by molar-refractivity contribution is 0.0651. The van der Waals surface area contributed by atoms with Crippen LogP contribution in [0.2, 0.25) is 0 Å². The van der Waals surface area contributed by atoms with Gasteiger partial charge in [0.2, 0.25) is 0 Å². The average Bonchev–Trinajstić information content (AvgIpc) is 2.89. The number of carbonyl (C=O) groups is 4.